The number of aliphatic hydroxyl groups is 1. The van der Waals surface area contributed by atoms with Crippen molar-refractivity contribution in [3.63, 3.8) is 0 Å². The summed E-state index contributed by atoms with van der Waals surface area (Å²) in [5.41, 5.74) is -2.07. The van der Waals surface area contributed by atoms with Gasteiger partial charge in [-0.25, -0.2) is 8.42 Å². The zero-order valence-electron chi connectivity index (χ0n) is 11.0. The summed E-state index contributed by atoms with van der Waals surface area (Å²) in [5.74, 6) is -0.127. The molecule has 4 nitrogen and oxygen atoms in total. The first-order valence-corrected chi connectivity index (χ1v) is 7.92. The monoisotopic (exact) mass is 279 g/mol. The first-order valence-electron chi connectivity index (χ1n) is 6.26. The number of hydrogen-bond acceptors (Lipinski definition) is 4. The van der Waals surface area contributed by atoms with E-state index < -0.39 is 20.9 Å². The fourth-order valence-electron chi connectivity index (χ4n) is 2.64. The minimum atomic E-state index is -3.36. The van der Waals surface area contributed by atoms with Crippen LogP contribution in [0.2, 0.25) is 0 Å². The lowest BCUT2D eigenvalue weighted by Crippen LogP contribution is -2.47. The van der Waals surface area contributed by atoms with Gasteiger partial charge in [-0.05, 0) is 25.8 Å². The molecule has 1 aliphatic heterocycles. The zero-order chi connectivity index (χ0) is 14.3. The maximum absolute atomic E-state index is 12.1. The van der Waals surface area contributed by atoms with Crippen LogP contribution in [0.3, 0.4) is 0 Å². The van der Waals surface area contributed by atoms with Crippen LogP contribution in [-0.2, 0) is 15.4 Å². The summed E-state index contributed by atoms with van der Waals surface area (Å²) in [4.78, 5) is 0.152. The van der Waals surface area contributed by atoms with E-state index >= 15 is 0 Å². The predicted molar refractivity (Wildman–Crippen MR) is 71.0 cm³/mol. The topological polar surface area (TPSA) is 78.2 Å². The van der Waals surface area contributed by atoms with Gasteiger partial charge in [0.15, 0.2) is 9.84 Å². The van der Waals surface area contributed by atoms with Gasteiger partial charge >= 0.3 is 0 Å². The maximum atomic E-state index is 12.1. The van der Waals surface area contributed by atoms with Gasteiger partial charge in [0, 0.05) is 5.56 Å². The molecule has 1 aromatic carbocycles. The van der Waals surface area contributed by atoms with Gasteiger partial charge in [0.05, 0.1) is 22.1 Å². The van der Waals surface area contributed by atoms with Crippen molar-refractivity contribution >= 4 is 9.84 Å². The lowest BCUT2D eigenvalue weighted by atomic mass is 9.67. The molecule has 2 unspecified atom stereocenters. The Bertz CT molecular complexity index is 647. The van der Waals surface area contributed by atoms with Gasteiger partial charge in [-0.1, -0.05) is 25.1 Å². The third-order valence-corrected chi connectivity index (χ3v) is 6.03. The Morgan fingerprint density at radius 2 is 2.11 bits per heavy atom. The average molecular weight is 279 g/mol. The zero-order valence-corrected chi connectivity index (χ0v) is 11.9. The summed E-state index contributed by atoms with van der Waals surface area (Å²) >= 11 is 0. The van der Waals surface area contributed by atoms with Crippen molar-refractivity contribution in [2.75, 3.05) is 5.75 Å². The molecule has 0 saturated heterocycles. The summed E-state index contributed by atoms with van der Waals surface area (Å²) in [6.45, 7) is 3.51. The highest BCUT2D eigenvalue weighted by molar-refractivity contribution is 7.91. The molecule has 0 bridgehead atoms. The van der Waals surface area contributed by atoms with Crippen LogP contribution < -0.4 is 0 Å². The Labute approximate surface area is 113 Å². The molecule has 0 aromatic heterocycles. The van der Waals surface area contributed by atoms with Crippen LogP contribution >= 0.6 is 0 Å². The normalized spacial score (nSPS) is 27.9. The van der Waals surface area contributed by atoms with Gasteiger partial charge in [-0.15, -0.1) is 0 Å². The van der Waals surface area contributed by atoms with Gasteiger partial charge in [0.25, 0.3) is 0 Å². The van der Waals surface area contributed by atoms with Crippen molar-refractivity contribution < 1.29 is 13.5 Å². The first kappa shape index (κ1) is 14.0. The lowest BCUT2D eigenvalue weighted by Gasteiger charge is -2.43. The highest BCUT2D eigenvalue weighted by Gasteiger charge is 2.52. The number of nitriles is 1. The van der Waals surface area contributed by atoms with Crippen molar-refractivity contribution in [1.82, 2.24) is 0 Å². The second kappa shape index (κ2) is 4.32. The van der Waals surface area contributed by atoms with Crippen molar-refractivity contribution in [3.8, 4) is 6.07 Å². The second-order valence-electron chi connectivity index (χ2n) is 5.22. The number of sulfone groups is 1. The van der Waals surface area contributed by atoms with E-state index in [9.17, 15) is 18.8 Å². The van der Waals surface area contributed by atoms with E-state index in [1.807, 2.05) is 6.92 Å². The highest BCUT2D eigenvalue weighted by atomic mass is 32.2. The standard InChI is InChI=1S/C14H17NO3S/c1-3-13(2,10-15)14(16)8-9-19(17,18)12-7-5-4-6-11(12)14/h4-7,16H,3,8-9H2,1-2H3. The quantitative estimate of drug-likeness (QED) is 0.898. The maximum Gasteiger partial charge on any atom is 0.178 e. The van der Waals surface area contributed by atoms with E-state index in [0.29, 0.717) is 12.0 Å². The summed E-state index contributed by atoms with van der Waals surface area (Å²) in [7, 11) is -3.36. The summed E-state index contributed by atoms with van der Waals surface area (Å²) in [5, 5.41) is 20.4. The first-order chi connectivity index (χ1) is 8.81. The molecule has 0 amide bonds. The summed E-state index contributed by atoms with van der Waals surface area (Å²) in [6.07, 6.45) is 0.513. The fourth-order valence-corrected chi connectivity index (χ4v) is 4.29. The van der Waals surface area contributed by atoms with Crippen molar-refractivity contribution in [2.24, 2.45) is 5.41 Å². The molecule has 19 heavy (non-hydrogen) atoms. The molecule has 0 radical (unpaired) electrons. The predicted octanol–water partition coefficient (Wildman–Crippen LogP) is 1.99. The number of rotatable bonds is 2. The largest absolute Gasteiger partial charge is 0.383 e. The number of hydrogen-bond donors (Lipinski definition) is 1. The van der Waals surface area contributed by atoms with Gasteiger partial charge in [0.2, 0.25) is 0 Å². The third kappa shape index (κ3) is 1.87. The van der Waals surface area contributed by atoms with Gasteiger partial charge in [-0.3, -0.25) is 0 Å². The molecule has 1 heterocycles. The van der Waals surface area contributed by atoms with Crippen LogP contribution in [0.4, 0.5) is 0 Å². The SMILES string of the molecule is CCC(C)(C#N)C1(O)CCS(=O)(=O)c2ccccc21. The fraction of sp³-hybridized carbons (Fsp3) is 0.500. The molecular formula is C14H17NO3S. The Balaban J connectivity index is 2.74. The molecular weight excluding hydrogens is 262 g/mol. The Hall–Kier alpha value is -1.38. The number of fused-ring (bicyclic) bond motifs is 1. The Morgan fingerprint density at radius 3 is 2.68 bits per heavy atom. The molecule has 0 fully saturated rings. The molecule has 1 N–H and O–H groups in total. The van der Waals surface area contributed by atoms with Gasteiger partial charge < -0.3 is 5.11 Å². The smallest absolute Gasteiger partial charge is 0.178 e. The van der Waals surface area contributed by atoms with E-state index in [-0.39, 0.29) is 17.1 Å². The molecule has 1 aliphatic rings. The van der Waals surface area contributed by atoms with Crippen molar-refractivity contribution in [3.05, 3.63) is 29.8 Å². The van der Waals surface area contributed by atoms with Crippen LogP contribution in [0.25, 0.3) is 0 Å². The van der Waals surface area contributed by atoms with Crippen molar-refractivity contribution in [1.29, 1.82) is 5.26 Å². The lowest BCUT2D eigenvalue weighted by molar-refractivity contribution is -0.0621. The van der Waals surface area contributed by atoms with E-state index in [1.165, 1.54) is 6.07 Å². The van der Waals surface area contributed by atoms with Crippen LogP contribution in [0, 0.1) is 16.7 Å². The molecule has 2 atom stereocenters. The molecule has 0 aliphatic carbocycles. The van der Waals surface area contributed by atoms with E-state index in [1.54, 1.807) is 25.1 Å². The second-order valence-corrected chi connectivity index (χ2v) is 7.30. The van der Waals surface area contributed by atoms with Crippen molar-refractivity contribution in [2.45, 2.75) is 37.2 Å². The minimum Gasteiger partial charge on any atom is -0.383 e. The van der Waals surface area contributed by atoms with Gasteiger partial charge in [0.1, 0.15) is 5.60 Å². The Morgan fingerprint density at radius 1 is 1.47 bits per heavy atom. The van der Waals surface area contributed by atoms with Crippen LogP contribution in [0.1, 0.15) is 32.3 Å². The van der Waals surface area contributed by atoms with Crippen LogP contribution in [0.5, 0.6) is 0 Å². The Kier molecular flexibility index (Phi) is 3.20. The van der Waals surface area contributed by atoms with E-state index in [0.717, 1.165) is 0 Å². The number of nitrogens with zero attached hydrogens (tertiary/aromatic N) is 1. The average Bonchev–Trinajstić information content (AvgIpc) is 2.43. The molecule has 2 rings (SSSR count). The van der Waals surface area contributed by atoms with Gasteiger partial charge in [-0.2, -0.15) is 5.26 Å². The minimum absolute atomic E-state index is 0.0598. The van der Waals surface area contributed by atoms with E-state index in [4.69, 9.17) is 0 Å². The molecule has 1 aromatic rings. The third-order valence-electron chi connectivity index (χ3n) is 4.27. The summed E-state index contributed by atoms with van der Waals surface area (Å²) in [6, 6.07) is 8.60. The molecule has 5 heteroatoms. The molecule has 0 saturated carbocycles. The van der Waals surface area contributed by atoms with Crippen LogP contribution in [-0.4, -0.2) is 19.3 Å². The van der Waals surface area contributed by atoms with E-state index in [2.05, 4.69) is 6.07 Å². The van der Waals surface area contributed by atoms with Crippen LogP contribution in [0.15, 0.2) is 29.2 Å². The summed E-state index contributed by atoms with van der Waals surface area (Å²) < 4.78 is 24.1. The number of benzene rings is 1. The molecule has 0 spiro atoms. The molecule has 102 valence electrons. The highest BCUT2D eigenvalue weighted by Crippen LogP contribution is 2.49.